The van der Waals surface area contributed by atoms with Crippen molar-refractivity contribution in [3.8, 4) is 0 Å². The number of alkyl halides is 3. The highest BCUT2D eigenvalue weighted by Crippen LogP contribution is 2.29. The molecule has 24 heavy (non-hydrogen) atoms. The number of nitrogens with zero attached hydrogens (tertiary/aromatic N) is 1. The number of hydrogen-bond acceptors (Lipinski definition) is 3. The summed E-state index contributed by atoms with van der Waals surface area (Å²) in [5, 5.41) is 4.77. The Labute approximate surface area is 147 Å². The minimum absolute atomic E-state index is 0.197. The predicted octanol–water partition coefficient (Wildman–Crippen LogP) is 2.93. The predicted molar refractivity (Wildman–Crippen MR) is 86.3 cm³/mol. The molecule has 134 valence electrons. The first-order valence-electron chi connectivity index (χ1n) is 6.92. The Kier molecular flexibility index (Phi) is 7.78. The number of likely N-dealkylation sites (N-methyl/N-ethyl adjacent to an activating group) is 1. The standard InChI is InChI=1S/C14H16Cl2F3N3O2/c1-2-22(6-11(23)20-8-14(17,18)19)7-12(24)21-13-9(15)4-3-5-10(13)16/h3-5H,2,6-8H2,1H3,(H,20,23)(H,21,24). The van der Waals surface area contributed by atoms with Gasteiger partial charge in [0.1, 0.15) is 6.54 Å². The molecule has 0 saturated carbocycles. The summed E-state index contributed by atoms with van der Waals surface area (Å²) in [6.45, 7) is 0.0223. The molecule has 0 radical (unpaired) electrons. The van der Waals surface area contributed by atoms with Gasteiger partial charge in [0.05, 0.1) is 28.8 Å². The lowest BCUT2D eigenvalue weighted by Crippen LogP contribution is -2.43. The molecule has 0 atom stereocenters. The van der Waals surface area contributed by atoms with Gasteiger partial charge in [-0.1, -0.05) is 36.2 Å². The topological polar surface area (TPSA) is 61.4 Å². The van der Waals surface area contributed by atoms with Crippen molar-refractivity contribution in [1.29, 1.82) is 0 Å². The van der Waals surface area contributed by atoms with Gasteiger partial charge in [-0.2, -0.15) is 13.2 Å². The number of hydrogen-bond donors (Lipinski definition) is 2. The van der Waals surface area contributed by atoms with E-state index in [1.807, 2.05) is 0 Å². The van der Waals surface area contributed by atoms with Gasteiger partial charge < -0.3 is 10.6 Å². The number of nitrogens with one attached hydrogen (secondary N) is 2. The zero-order valence-electron chi connectivity index (χ0n) is 12.7. The maximum Gasteiger partial charge on any atom is 0.405 e. The van der Waals surface area contributed by atoms with E-state index in [0.29, 0.717) is 6.54 Å². The Balaban J connectivity index is 2.55. The normalized spacial score (nSPS) is 11.5. The van der Waals surface area contributed by atoms with Gasteiger partial charge in [0.2, 0.25) is 11.8 Å². The molecule has 1 aromatic rings. The molecule has 0 aliphatic heterocycles. The van der Waals surface area contributed by atoms with E-state index < -0.39 is 24.5 Å². The van der Waals surface area contributed by atoms with Crippen LogP contribution in [0, 0.1) is 0 Å². The van der Waals surface area contributed by atoms with E-state index in [2.05, 4.69) is 5.32 Å². The zero-order chi connectivity index (χ0) is 18.3. The molecule has 0 aromatic heterocycles. The molecule has 0 fully saturated rings. The number of amides is 2. The van der Waals surface area contributed by atoms with Crippen LogP contribution in [0.3, 0.4) is 0 Å². The highest BCUT2D eigenvalue weighted by molar-refractivity contribution is 6.39. The summed E-state index contributed by atoms with van der Waals surface area (Å²) in [7, 11) is 0. The van der Waals surface area contributed by atoms with Crippen LogP contribution in [0.5, 0.6) is 0 Å². The minimum Gasteiger partial charge on any atom is -0.346 e. The van der Waals surface area contributed by atoms with Gasteiger partial charge in [0.25, 0.3) is 0 Å². The number of carbonyl (C=O) groups is 2. The van der Waals surface area contributed by atoms with Gasteiger partial charge in [0, 0.05) is 0 Å². The van der Waals surface area contributed by atoms with Crippen molar-refractivity contribution in [2.75, 3.05) is 31.5 Å². The van der Waals surface area contributed by atoms with Crippen molar-refractivity contribution in [2.45, 2.75) is 13.1 Å². The summed E-state index contributed by atoms with van der Waals surface area (Å²) in [5.41, 5.74) is 0.239. The fourth-order valence-corrected chi connectivity index (χ4v) is 2.23. The monoisotopic (exact) mass is 385 g/mol. The van der Waals surface area contributed by atoms with Gasteiger partial charge in [-0.25, -0.2) is 0 Å². The number of anilines is 1. The average Bonchev–Trinajstić information content (AvgIpc) is 2.47. The summed E-state index contributed by atoms with van der Waals surface area (Å²) in [5.74, 6) is -1.31. The molecular formula is C14H16Cl2F3N3O2. The molecule has 0 spiro atoms. The van der Waals surface area contributed by atoms with Crippen molar-refractivity contribution in [2.24, 2.45) is 0 Å². The van der Waals surface area contributed by atoms with Crippen molar-refractivity contribution in [3.63, 3.8) is 0 Å². The number of para-hydroxylation sites is 1. The fraction of sp³-hybridized carbons (Fsp3) is 0.429. The van der Waals surface area contributed by atoms with Crippen LogP contribution in [0.1, 0.15) is 6.92 Å². The molecule has 0 heterocycles. The van der Waals surface area contributed by atoms with E-state index in [1.165, 1.54) is 4.90 Å². The Hall–Kier alpha value is -1.51. The molecule has 1 aromatic carbocycles. The highest BCUT2D eigenvalue weighted by atomic mass is 35.5. The van der Waals surface area contributed by atoms with Crippen LogP contribution < -0.4 is 10.6 Å². The SMILES string of the molecule is CCN(CC(=O)NCC(F)(F)F)CC(=O)Nc1c(Cl)cccc1Cl. The summed E-state index contributed by atoms with van der Waals surface area (Å²) < 4.78 is 36.1. The number of halogens is 5. The van der Waals surface area contributed by atoms with Gasteiger partial charge >= 0.3 is 6.18 Å². The van der Waals surface area contributed by atoms with Crippen molar-refractivity contribution in [1.82, 2.24) is 10.2 Å². The second kappa shape index (κ2) is 9.10. The van der Waals surface area contributed by atoms with Crippen LogP contribution in [0.25, 0.3) is 0 Å². The first-order chi connectivity index (χ1) is 11.1. The first-order valence-corrected chi connectivity index (χ1v) is 7.67. The lowest BCUT2D eigenvalue weighted by Gasteiger charge is -2.20. The highest BCUT2D eigenvalue weighted by Gasteiger charge is 2.28. The smallest absolute Gasteiger partial charge is 0.346 e. The third-order valence-corrected chi connectivity index (χ3v) is 3.52. The maximum atomic E-state index is 12.0. The Morgan fingerprint density at radius 3 is 2.17 bits per heavy atom. The molecule has 2 N–H and O–H groups in total. The maximum absolute atomic E-state index is 12.0. The average molecular weight is 386 g/mol. The van der Waals surface area contributed by atoms with Crippen LogP contribution in [-0.4, -0.2) is 49.1 Å². The first kappa shape index (κ1) is 20.5. The van der Waals surface area contributed by atoms with Crippen LogP contribution in [0.2, 0.25) is 10.0 Å². The molecule has 0 unspecified atom stereocenters. The number of benzene rings is 1. The van der Waals surface area contributed by atoms with E-state index in [0.717, 1.165) is 0 Å². The lowest BCUT2D eigenvalue weighted by atomic mass is 10.3. The Morgan fingerprint density at radius 1 is 1.12 bits per heavy atom. The molecule has 0 aliphatic rings. The van der Waals surface area contributed by atoms with Gasteiger partial charge in [-0.15, -0.1) is 0 Å². The van der Waals surface area contributed by atoms with Crippen LogP contribution in [-0.2, 0) is 9.59 Å². The molecule has 2 amide bonds. The second-order valence-corrected chi connectivity index (χ2v) is 5.65. The van der Waals surface area contributed by atoms with E-state index in [4.69, 9.17) is 23.2 Å². The molecule has 0 bridgehead atoms. The van der Waals surface area contributed by atoms with Gasteiger partial charge in [-0.3, -0.25) is 14.5 Å². The van der Waals surface area contributed by atoms with Crippen LogP contribution in [0.15, 0.2) is 18.2 Å². The zero-order valence-corrected chi connectivity index (χ0v) is 14.2. The van der Waals surface area contributed by atoms with Crippen molar-refractivity contribution in [3.05, 3.63) is 28.2 Å². The van der Waals surface area contributed by atoms with E-state index in [-0.39, 0.29) is 28.8 Å². The largest absolute Gasteiger partial charge is 0.405 e. The number of rotatable bonds is 7. The lowest BCUT2D eigenvalue weighted by molar-refractivity contribution is -0.139. The molecule has 10 heteroatoms. The number of carbonyl (C=O) groups excluding carboxylic acids is 2. The summed E-state index contributed by atoms with van der Waals surface area (Å²) in [6.07, 6.45) is -4.48. The molecule has 1 rings (SSSR count). The minimum atomic E-state index is -4.48. The third kappa shape index (κ3) is 7.37. The third-order valence-electron chi connectivity index (χ3n) is 2.89. The molecular weight excluding hydrogens is 370 g/mol. The van der Waals surface area contributed by atoms with Crippen LogP contribution in [0.4, 0.5) is 18.9 Å². The quantitative estimate of drug-likeness (QED) is 0.758. The molecule has 0 aliphatic carbocycles. The van der Waals surface area contributed by atoms with E-state index >= 15 is 0 Å². The summed E-state index contributed by atoms with van der Waals surface area (Å²) >= 11 is 11.9. The van der Waals surface area contributed by atoms with Gasteiger partial charge in [-0.05, 0) is 18.7 Å². The van der Waals surface area contributed by atoms with Gasteiger partial charge in [0.15, 0.2) is 0 Å². The van der Waals surface area contributed by atoms with E-state index in [1.54, 1.807) is 30.4 Å². The van der Waals surface area contributed by atoms with E-state index in [9.17, 15) is 22.8 Å². The Bertz CT molecular complexity index is 577. The van der Waals surface area contributed by atoms with Crippen LogP contribution >= 0.6 is 23.2 Å². The van der Waals surface area contributed by atoms with Crippen molar-refractivity contribution < 1.29 is 22.8 Å². The Morgan fingerprint density at radius 2 is 1.67 bits per heavy atom. The second-order valence-electron chi connectivity index (χ2n) is 4.84. The molecule has 5 nitrogen and oxygen atoms in total. The molecule has 0 saturated heterocycles. The van der Waals surface area contributed by atoms with Crippen molar-refractivity contribution >= 4 is 40.7 Å². The summed E-state index contributed by atoms with van der Waals surface area (Å²) in [4.78, 5) is 24.9. The summed E-state index contributed by atoms with van der Waals surface area (Å²) in [6, 6.07) is 4.71. The fourth-order valence-electron chi connectivity index (χ4n) is 1.74.